The molecule has 1 N–H and O–H groups in total. The summed E-state index contributed by atoms with van der Waals surface area (Å²) in [6.45, 7) is 2.69. The second-order valence-corrected chi connectivity index (χ2v) is 7.21. The largest absolute Gasteiger partial charge is 0.383 e. The van der Waals surface area contributed by atoms with Crippen LogP contribution in [0.1, 0.15) is 6.92 Å². The molecule has 1 rings (SSSR count). The molecule has 1 heterocycles. The monoisotopic (exact) mass is 323 g/mol. The predicted octanol–water partition coefficient (Wildman–Crippen LogP) is 1.35. The van der Waals surface area contributed by atoms with Gasteiger partial charge in [0.25, 0.3) is 10.0 Å². The first-order chi connectivity index (χ1) is 9.34. The van der Waals surface area contributed by atoms with Crippen molar-refractivity contribution >= 4 is 32.0 Å². The van der Waals surface area contributed by atoms with Gasteiger partial charge in [-0.25, -0.2) is 8.42 Å². The number of nitrogens with one attached hydrogen (secondary N) is 1. The molecule has 0 aliphatic carbocycles. The molecule has 0 bridgehead atoms. The Balaban J connectivity index is 3.12. The van der Waals surface area contributed by atoms with Crippen LogP contribution in [-0.2, 0) is 14.8 Å². The molecule has 0 spiro atoms. The van der Waals surface area contributed by atoms with Crippen LogP contribution in [0.2, 0.25) is 0 Å². The second kappa shape index (κ2) is 6.97. The molecule has 0 saturated carbocycles. The van der Waals surface area contributed by atoms with E-state index in [2.05, 4.69) is 5.32 Å². The van der Waals surface area contributed by atoms with Gasteiger partial charge in [0.2, 0.25) is 0 Å². The molecule has 0 radical (unpaired) electrons. The first-order valence-electron chi connectivity index (χ1n) is 5.82. The Morgan fingerprint density at radius 1 is 1.55 bits per heavy atom. The van der Waals surface area contributed by atoms with E-state index in [1.165, 1.54) is 14.2 Å². The third-order valence-electron chi connectivity index (χ3n) is 2.50. The van der Waals surface area contributed by atoms with Crippen molar-refractivity contribution in [1.82, 2.24) is 4.31 Å². The molecule has 0 aromatic carbocycles. The molecule has 0 fully saturated rings. The van der Waals surface area contributed by atoms with Gasteiger partial charge in [0, 0.05) is 33.3 Å². The van der Waals surface area contributed by atoms with E-state index >= 15 is 0 Å². The van der Waals surface area contributed by atoms with Crippen LogP contribution < -0.4 is 5.32 Å². The van der Waals surface area contributed by atoms with Crippen LogP contribution in [-0.4, -0.2) is 51.5 Å². The van der Waals surface area contributed by atoms with Gasteiger partial charge >= 0.3 is 5.69 Å². The molecule has 1 aromatic rings. The zero-order valence-corrected chi connectivity index (χ0v) is 13.1. The minimum absolute atomic E-state index is 0.0567. The molecule has 1 aromatic heterocycles. The summed E-state index contributed by atoms with van der Waals surface area (Å²) in [5.74, 6) is 0. The number of sulfonamides is 1. The smallest absolute Gasteiger partial charge is 0.304 e. The van der Waals surface area contributed by atoms with Gasteiger partial charge in [0.1, 0.15) is 4.21 Å². The van der Waals surface area contributed by atoms with Crippen LogP contribution in [0.25, 0.3) is 0 Å². The highest BCUT2D eigenvalue weighted by Gasteiger charge is 2.28. The van der Waals surface area contributed by atoms with E-state index in [4.69, 9.17) is 4.74 Å². The number of nitro groups is 1. The number of rotatable bonds is 8. The van der Waals surface area contributed by atoms with Crippen LogP contribution in [0.15, 0.2) is 10.3 Å². The summed E-state index contributed by atoms with van der Waals surface area (Å²) < 4.78 is 30.4. The van der Waals surface area contributed by atoms with Gasteiger partial charge in [-0.3, -0.25) is 10.1 Å². The Kier molecular flexibility index (Phi) is 5.87. The minimum atomic E-state index is -3.74. The molecule has 0 unspecified atom stereocenters. The molecule has 0 amide bonds. The Hall–Kier alpha value is -1.23. The van der Waals surface area contributed by atoms with Crippen molar-refractivity contribution in [3.63, 3.8) is 0 Å². The van der Waals surface area contributed by atoms with Crippen molar-refractivity contribution in [1.29, 1.82) is 0 Å². The summed E-state index contributed by atoms with van der Waals surface area (Å²) in [5.41, 5.74) is -0.226. The summed E-state index contributed by atoms with van der Waals surface area (Å²) in [7, 11) is -0.856. The summed E-state index contributed by atoms with van der Waals surface area (Å²) in [5, 5.41) is 14.0. The number of ether oxygens (including phenoxy) is 1. The maximum absolute atomic E-state index is 12.3. The van der Waals surface area contributed by atoms with Gasteiger partial charge in [-0.1, -0.05) is 11.3 Å². The van der Waals surface area contributed by atoms with Crippen molar-refractivity contribution in [2.75, 3.05) is 39.2 Å². The molecule has 114 valence electrons. The fourth-order valence-electron chi connectivity index (χ4n) is 1.40. The fraction of sp³-hybridized carbons (Fsp3) is 0.600. The van der Waals surface area contributed by atoms with Crippen molar-refractivity contribution in [2.24, 2.45) is 0 Å². The zero-order valence-electron chi connectivity index (χ0n) is 11.5. The number of anilines is 1. The van der Waals surface area contributed by atoms with E-state index in [0.29, 0.717) is 6.54 Å². The molecular formula is C10H17N3O5S2. The number of thiophene rings is 1. The van der Waals surface area contributed by atoms with Crippen LogP contribution in [0, 0.1) is 10.1 Å². The van der Waals surface area contributed by atoms with Gasteiger partial charge in [-0.05, 0) is 6.92 Å². The van der Waals surface area contributed by atoms with Crippen molar-refractivity contribution in [3.05, 3.63) is 16.2 Å². The van der Waals surface area contributed by atoms with Crippen molar-refractivity contribution in [3.8, 4) is 0 Å². The van der Waals surface area contributed by atoms with Gasteiger partial charge in [0.15, 0.2) is 5.00 Å². The summed E-state index contributed by atoms with van der Waals surface area (Å²) in [4.78, 5) is 10.3. The molecule has 20 heavy (non-hydrogen) atoms. The lowest BCUT2D eigenvalue weighted by Crippen LogP contribution is -2.29. The quantitative estimate of drug-likeness (QED) is 0.572. The van der Waals surface area contributed by atoms with Crippen molar-refractivity contribution in [2.45, 2.75) is 11.1 Å². The fourth-order valence-corrected chi connectivity index (χ4v) is 4.16. The molecule has 8 nitrogen and oxygen atoms in total. The Morgan fingerprint density at radius 3 is 2.70 bits per heavy atom. The van der Waals surface area contributed by atoms with Crippen LogP contribution in [0.4, 0.5) is 10.7 Å². The normalized spacial score (nSPS) is 11.8. The van der Waals surface area contributed by atoms with E-state index in [0.717, 1.165) is 21.7 Å². The molecular weight excluding hydrogens is 306 g/mol. The summed E-state index contributed by atoms with van der Waals surface area (Å²) in [6.07, 6.45) is 0. The number of hydrogen-bond acceptors (Lipinski definition) is 7. The maximum Gasteiger partial charge on any atom is 0.304 e. The van der Waals surface area contributed by atoms with Crippen LogP contribution >= 0.6 is 11.3 Å². The molecule has 0 atom stereocenters. The van der Waals surface area contributed by atoms with Gasteiger partial charge in [-0.15, -0.1) is 0 Å². The highest BCUT2D eigenvalue weighted by molar-refractivity contribution is 7.91. The van der Waals surface area contributed by atoms with Crippen LogP contribution in [0.5, 0.6) is 0 Å². The molecule has 0 aliphatic rings. The van der Waals surface area contributed by atoms with Gasteiger partial charge < -0.3 is 10.1 Å². The third-order valence-corrected chi connectivity index (χ3v) is 5.89. The maximum atomic E-state index is 12.3. The summed E-state index contributed by atoms with van der Waals surface area (Å²) in [6, 6.07) is 1.08. The lowest BCUT2D eigenvalue weighted by Gasteiger charge is -2.14. The zero-order chi connectivity index (χ0) is 15.3. The van der Waals surface area contributed by atoms with E-state index in [1.54, 1.807) is 6.92 Å². The van der Waals surface area contributed by atoms with E-state index in [9.17, 15) is 18.5 Å². The van der Waals surface area contributed by atoms with E-state index < -0.39 is 14.9 Å². The highest BCUT2D eigenvalue weighted by atomic mass is 32.2. The molecule has 0 aliphatic heterocycles. The number of methoxy groups -OCH3 is 1. The minimum Gasteiger partial charge on any atom is -0.383 e. The van der Waals surface area contributed by atoms with Gasteiger partial charge in [-0.2, -0.15) is 4.31 Å². The lowest BCUT2D eigenvalue weighted by atomic mass is 10.5. The SMILES string of the molecule is CCNc1sc(S(=O)(=O)N(C)CCOC)cc1[N+](=O)[O-]. The van der Waals surface area contributed by atoms with Gasteiger partial charge in [0.05, 0.1) is 11.5 Å². The summed E-state index contributed by atoms with van der Waals surface area (Å²) >= 11 is 0.858. The first kappa shape index (κ1) is 16.8. The highest BCUT2D eigenvalue weighted by Crippen LogP contribution is 2.37. The van der Waals surface area contributed by atoms with E-state index in [1.807, 2.05) is 0 Å². The average Bonchev–Trinajstić information content (AvgIpc) is 2.81. The molecule has 0 saturated heterocycles. The van der Waals surface area contributed by atoms with Crippen LogP contribution in [0.3, 0.4) is 0 Å². The standard InChI is InChI=1S/C10H17N3O5S2/c1-4-11-10-8(13(14)15)7-9(19-10)20(16,17)12(2)5-6-18-3/h7,11H,4-6H2,1-3H3. The predicted molar refractivity (Wildman–Crippen MR) is 76.8 cm³/mol. The van der Waals surface area contributed by atoms with Crippen molar-refractivity contribution < 1.29 is 18.1 Å². The Morgan fingerprint density at radius 2 is 2.20 bits per heavy atom. The number of nitrogens with zero attached hydrogens (tertiary/aromatic N) is 2. The molecule has 10 heteroatoms. The number of hydrogen-bond donors (Lipinski definition) is 1. The number of likely N-dealkylation sites (N-methyl/N-ethyl adjacent to an activating group) is 1. The Bertz CT molecular complexity index is 569. The second-order valence-electron chi connectivity index (χ2n) is 3.89. The third kappa shape index (κ3) is 3.66. The lowest BCUT2D eigenvalue weighted by molar-refractivity contribution is -0.383. The average molecular weight is 323 g/mol. The van der Waals surface area contributed by atoms with E-state index in [-0.39, 0.29) is 28.0 Å². The first-order valence-corrected chi connectivity index (χ1v) is 8.07. The topological polar surface area (TPSA) is 102 Å². The Labute approximate surface area is 121 Å².